The van der Waals surface area contributed by atoms with Crippen molar-refractivity contribution >= 4 is 39.8 Å². The van der Waals surface area contributed by atoms with Crippen molar-refractivity contribution in [3.8, 4) is 11.3 Å². The Labute approximate surface area is 191 Å². The Balaban J connectivity index is 0.00000289. The third-order valence-corrected chi connectivity index (χ3v) is 6.71. The quantitative estimate of drug-likeness (QED) is 0.502. The third-order valence-electron chi connectivity index (χ3n) is 4.80. The van der Waals surface area contributed by atoms with Crippen molar-refractivity contribution in [1.29, 1.82) is 0 Å². The van der Waals surface area contributed by atoms with Gasteiger partial charge in [0.15, 0.2) is 11.5 Å². The zero-order valence-corrected chi connectivity index (χ0v) is 18.6. The lowest BCUT2D eigenvalue weighted by atomic mass is 10.1. The summed E-state index contributed by atoms with van der Waals surface area (Å²) in [6, 6.07) is 9.71. The van der Waals surface area contributed by atoms with Crippen LogP contribution in [0.5, 0.6) is 0 Å². The molecule has 3 aromatic rings. The molecule has 0 spiro atoms. The van der Waals surface area contributed by atoms with Gasteiger partial charge in [0.25, 0.3) is 5.91 Å². The molecule has 0 radical (unpaired) electrons. The number of pyridine rings is 1. The van der Waals surface area contributed by atoms with E-state index in [1.165, 1.54) is 28.8 Å². The number of hydrogen-bond donors (Lipinski definition) is 3. The average molecular weight is 476 g/mol. The third kappa shape index (κ3) is 5.02. The second-order valence-electron chi connectivity index (χ2n) is 6.86. The maximum atomic E-state index is 12.8. The number of amides is 1. The van der Waals surface area contributed by atoms with Gasteiger partial charge in [0, 0.05) is 37.9 Å². The highest BCUT2D eigenvalue weighted by Gasteiger charge is 2.25. The topological polar surface area (TPSA) is 143 Å². The molecular formula is C20H22ClN7O3S. The van der Waals surface area contributed by atoms with Crippen LogP contribution in [0.1, 0.15) is 10.5 Å². The minimum atomic E-state index is -3.56. The average Bonchev–Trinajstić information content (AvgIpc) is 2.80. The van der Waals surface area contributed by atoms with Gasteiger partial charge in [-0.3, -0.25) is 9.78 Å². The molecule has 1 aromatic carbocycles. The molecule has 32 heavy (non-hydrogen) atoms. The van der Waals surface area contributed by atoms with E-state index in [-0.39, 0.29) is 28.8 Å². The molecule has 3 heterocycles. The van der Waals surface area contributed by atoms with E-state index >= 15 is 0 Å². The van der Waals surface area contributed by atoms with Gasteiger partial charge in [-0.2, -0.15) is 4.31 Å². The molecule has 10 nitrogen and oxygen atoms in total. The number of hydrogen-bond acceptors (Lipinski definition) is 8. The first kappa shape index (κ1) is 23.5. The van der Waals surface area contributed by atoms with Crippen LogP contribution >= 0.6 is 12.4 Å². The molecule has 4 rings (SSSR count). The number of benzene rings is 1. The van der Waals surface area contributed by atoms with Crippen LogP contribution < -0.4 is 16.4 Å². The highest BCUT2D eigenvalue weighted by Crippen LogP contribution is 2.23. The predicted octanol–water partition coefficient (Wildman–Crippen LogP) is 1.39. The lowest BCUT2D eigenvalue weighted by molar-refractivity contribution is 0.102. The first-order valence-electron chi connectivity index (χ1n) is 9.60. The summed E-state index contributed by atoms with van der Waals surface area (Å²) in [5.41, 5.74) is 7.33. The van der Waals surface area contributed by atoms with Gasteiger partial charge in [0.2, 0.25) is 10.0 Å². The van der Waals surface area contributed by atoms with E-state index in [0.717, 1.165) is 0 Å². The minimum absolute atomic E-state index is 0. The molecule has 0 aliphatic carbocycles. The molecule has 1 fully saturated rings. The summed E-state index contributed by atoms with van der Waals surface area (Å²) in [6.45, 7) is 2.12. The normalized spacial score (nSPS) is 14.4. The Morgan fingerprint density at radius 3 is 2.47 bits per heavy atom. The number of aromatic nitrogens is 3. The predicted molar refractivity (Wildman–Crippen MR) is 123 cm³/mol. The summed E-state index contributed by atoms with van der Waals surface area (Å²) >= 11 is 0. The van der Waals surface area contributed by atoms with E-state index in [1.54, 1.807) is 30.5 Å². The van der Waals surface area contributed by atoms with Crippen LogP contribution in [0.2, 0.25) is 0 Å². The maximum Gasteiger partial charge on any atom is 0.278 e. The van der Waals surface area contributed by atoms with Crippen molar-refractivity contribution in [2.24, 2.45) is 0 Å². The van der Waals surface area contributed by atoms with E-state index in [2.05, 4.69) is 25.6 Å². The first-order valence-corrected chi connectivity index (χ1v) is 11.0. The number of carbonyl (C=O) groups excluding carboxylic acids is 1. The monoisotopic (exact) mass is 475 g/mol. The van der Waals surface area contributed by atoms with Gasteiger partial charge in [0.05, 0.1) is 28.7 Å². The van der Waals surface area contributed by atoms with Crippen LogP contribution in [0.15, 0.2) is 59.9 Å². The molecule has 1 aliphatic rings. The van der Waals surface area contributed by atoms with Crippen LogP contribution in [-0.4, -0.2) is 59.8 Å². The highest BCUT2D eigenvalue weighted by atomic mass is 35.5. The molecule has 0 saturated carbocycles. The Kier molecular flexibility index (Phi) is 7.36. The zero-order valence-electron chi connectivity index (χ0n) is 16.9. The van der Waals surface area contributed by atoms with Crippen LogP contribution in [0.25, 0.3) is 11.3 Å². The molecule has 4 N–H and O–H groups in total. The number of piperazine rings is 1. The summed E-state index contributed by atoms with van der Waals surface area (Å²) < 4.78 is 27.0. The lowest BCUT2D eigenvalue weighted by Crippen LogP contribution is -2.46. The molecular weight excluding hydrogens is 454 g/mol. The fourth-order valence-electron chi connectivity index (χ4n) is 3.16. The number of carbonyl (C=O) groups is 1. The largest absolute Gasteiger partial charge is 0.382 e. The van der Waals surface area contributed by atoms with Crippen LogP contribution in [0.3, 0.4) is 0 Å². The fourth-order valence-corrected chi connectivity index (χ4v) is 4.60. The Hall–Kier alpha value is -3.12. The second kappa shape index (κ2) is 10.0. The van der Waals surface area contributed by atoms with Gasteiger partial charge >= 0.3 is 0 Å². The molecule has 168 valence electrons. The Morgan fingerprint density at radius 1 is 1.09 bits per heavy atom. The van der Waals surface area contributed by atoms with Gasteiger partial charge < -0.3 is 16.4 Å². The van der Waals surface area contributed by atoms with E-state index in [4.69, 9.17) is 5.73 Å². The standard InChI is InChI=1S/C20H21N7O3S.ClH/c21-19-18(20(28)25-15-2-1-7-23-12-15)26-17(13-24-19)14-3-5-16(6-4-14)31(29,30)27-10-8-22-9-11-27;/h1-7,12-13,22H,8-11H2,(H2,21,24)(H,25,28);1H. The number of nitrogens with one attached hydrogen (secondary N) is 2. The maximum absolute atomic E-state index is 12.8. The lowest BCUT2D eigenvalue weighted by Gasteiger charge is -2.26. The van der Waals surface area contributed by atoms with E-state index in [9.17, 15) is 13.2 Å². The molecule has 12 heteroatoms. The summed E-state index contributed by atoms with van der Waals surface area (Å²) in [5, 5.41) is 5.80. The van der Waals surface area contributed by atoms with Crippen molar-refractivity contribution in [2.75, 3.05) is 37.2 Å². The Bertz CT molecular complexity index is 1190. The minimum Gasteiger partial charge on any atom is -0.382 e. The van der Waals surface area contributed by atoms with Crippen molar-refractivity contribution in [1.82, 2.24) is 24.6 Å². The van der Waals surface area contributed by atoms with Crippen molar-refractivity contribution in [3.63, 3.8) is 0 Å². The number of rotatable bonds is 5. The van der Waals surface area contributed by atoms with Gasteiger partial charge in [-0.15, -0.1) is 12.4 Å². The molecule has 2 aromatic heterocycles. The van der Waals surface area contributed by atoms with Gasteiger partial charge in [-0.1, -0.05) is 12.1 Å². The number of sulfonamides is 1. The van der Waals surface area contributed by atoms with E-state index in [0.29, 0.717) is 43.1 Å². The van der Waals surface area contributed by atoms with Crippen LogP contribution in [0.4, 0.5) is 11.5 Å². The van der Waals surface area contributed by atoms with Gasteiger partial charge in [-0.05, 0) is 24.3 Å². The number of halogens is 1. The van der Waals surface area contributed by atoms with Crippen LogP contribution in [0, 0.1) is 0 Å². The smallest absolute Gasteiger partial charge is 0.278 e. The summed E-state index contributed by atoms with van der Waals surface area (Å²) in [4.78, 5) is 25.1. The van der Waals surface area contributed by atoms with Gasteiger partial charge in [-0.25, -0.2) is 18.4 Å². The number of nitrogens with two attached hydrogens (primary N) is 1. The molecule has 1 aliphatic heterocycles. The molecule has 1 saturated heterocycles. The molecule has 0 unspecified atom stereocenters. The van der Waals surface area contributed by atoms with Crippen molar-refractivity contribution < 1.29 is 13.2 Å². The van der Waals surface area contributed by atoms with Gasteiger partial charge in [0.1, 0.15) is 0 Å². The fraction of sp³-hybridized carbons (Fsp3) is 0.200. The zero-order chi connectivity index (χ0) is 21.8. The molecule has 0 bridgehead atoms. The number of nitrogen functional groups attached to an aromatic ring is 1. The van der Waals surface area contributed by atoms with Crippen LogP contribution in [-0.2, 0) is 10.0 Å². The van der Waals surface area contributed by atoms with Crippen molar-refractivity contribution in [2.45, 2.75) is 4.90 Å². The van der Waals surface area contributed by atoms with Crippen molar-refractivity contribution in [3.05, 3.63) is 60.7 Å². The second-order valence-corrected chi connectivity index (χ2v) is 8.80. The summed E-state index contributed by atoms with van der Waals surface area (Å²) in [5.74, 6) is -0.527. The van der Waals surface area contributed by atoms with E-state index < -0.39 is 15.9 Å². The number of anilines is 2. The summed E-state index contributed by atoms with van der Waals surface area (Å²) in [7, 11) is -3.56. The molecule has 0 atom stereocenters. The molecule has 1 amide bonds. The SMILES string of the molecule is Cl.Nc1ncc(-c2ccc(S(=O)(=O)N3CCNCC3)cc2)nc1C(=O)Nc1cccnc1. The van der Waals surface area contributed by atoms with E-state index in [1.807, 2.05) is 0 Å². The first-order chi connectivity index (χ1) is 14.9. The number of nitrogens with zero attached hydrogens (tertiary/aromatic N) is 4. The Morgan fingerprint density at radius 2 is 1.81 bits per heavy atom. The highest BCUT2D eigenvalue weighted by molar-refractivity contribution is 7.89. The summed E-state index contributed by atoms with van der Waals surface area (Å²) in [6.07, 6.45) is 4.54.